The number of hydrogen-bond donors (Lipinski definition) is 0. The van der Waals surface area contributed by atoms with Gasteiger partial charge in [-0.05, 0) is 32.0 Å². The maximum Gasteiger partial charge on any atom is 0.233 e. The Morgan fingerprint density at radius 1 is 1.22 bits per heavy atom. The van der Waals surface area contributed by atoms with Crippen molar-refractivity contribution in [1.82, 2.24) is 9.80 Å². The molecule has 1 aliphatic rings. The average molecular weight is 246 g/mol. The van der Waals surface area contributed by atoms with Crippen LogP contribution in [0, 0.1) is 5.92 Å². The lowest BCUT2D eigenvalue weighted by atomic mass is 9.91. The molecule has 0 aromatic heterocycles. The topological polar surface area (TPSA) is 23.6 Å². The Balaban J connectivity index is 2.30. The van der Waals surface area contributed by atoms with Crippen molar-refractivity contribution in [2.24, 2.45) is 5.92 Å². The Kier molecular flexibility index (Phi) is 3.44. The molecule has 1 amide bonds. The first-order chi connectivity index (χ1) is 8.48. The summed E-state index contributed by atoms with van der Waals surface area (Å²) in [6.07, 6.45) is 0.964. The Morgan fingerprint density at radius 3 is 2.33 bits per heavy atom. The van der Waals surface area contributed by atoms with E-state index in [1.54, 1.807) is 4.90 Å². The van der Waals surface area contributed by atoms with Gasteiger partial charge in [0.2, 0.25) is 5.91 Å². The van der Waals surface area contributed by atoms with E-state index >= 15 is 0 Å². The van der Waals surface area contributed by atoms with E-state index in [0.717, 1.165) is 18.5 Å². The Morgan fingerprint density at radius 2 is 1.83 bits per heavy atom. The van der Waals surface area contributed by atoms with Gasteiger partial charge < -0.3 is 9.80 Å². The van der Waals surface area contributed by atoms with Gasteiger partial charge in [0.05, 0.1) is 5.41 Å². The SMILES string of the molecule is CN(C)CC1CC1(C(=O)N(C)C)c1ccccc1. The molecule has 1 aliphatic carbocycles. The number of rotatable bonds is 4. The van der Waals surface area contributed by atoms with E-state index in [9.17, 15) is 4.79 Å². The smallest absolute Gasteiger partial charge is 0.233 e. The third kappa shape index (κ3) is 2.15. The van der Waals surface area contributed by atoms with Crippen LogP contribution in [0.25, 0.3) is 0 Å². The van der Waals surface area contributed by atoms with Crippen LogP contribution < -0.4 is 0 Å². The number of carbonyl (C=O) groups is 1. The van der Waals surface area contributed by atoms with Crippen LogP contribution in [0.4, 0.5) is 0 Å². The van der Waals surface area contributed by atoms with Crippen molar-refractivity contribution in [3.05, 3.63) is 35.9 Å². The van der Waals surface area contributed by atoms with Crippen LogP contribution in [-0.4, -0.2) is 50.4 Å². The molecule has 2 unspecified atom stereocenters. The predicted molar refractivity (Wildman–Crippen MR) is 73.5 cm³/mol. The molecule has 0 radical (unpaired) electrons. The van der Waals surface area contributed by atoms with Crippen molar-refractivity contribution in [2.75, 3.05) is 34.7 Å². The summed E-state index contributed by atoms with van der Waals surface area (Å²) in [6.45, 7) is 0.967. The quantitative estimate of drug-likeness (QED) is 0.805. The first-order valence-electron chi connectivity index (χ1n) is 6.40. The number of carbonyl (C=O) groups excluding carboxylic acids is 1. The number of amides is 1. The summed E-state index contributed by atoms with van der Waals surface area (Å²) in [4.78, 5) is 16.4. The second-order valence-corrected chi connectivity index (χ2v) is 5.70. The van der Waals surface area contributed by atoms with Crippen molar-refractivity contribution in [3.63, 3.8) is 0 Å². The summed E-state index contributed by atoms with van der Waals surface area (Å²) in [5.74, 6) is 0.672. The highest BCUT2D eigenvalue weighted by molar-refractivity contribution is 5.91. The van der Waals surface area contributed by atoms with Gasteiger partial charge in [-0.25, -0.2) is 0 Å². The molecule has 0 heterocycles. The van der Waals surface area contributed by atoms with Gasteiger partial charge in [0.1, 0.15) is 0 Å². The summed E-state index contributed by atoms with van der Waals surface area (Å²) in [6, 6.07) is 10.2. The largest absolute Gasteiger partial charge is 0.348 e. The van der Waals surface area contributed by atoms with E-state index in [1.165, 1.54) is 0 Å². The molecule has 2 rings (SSSR count). The fraction of sp³-hybridized carbons (Fsp3) is 0.533. The maximum atomic E-state index is 12.5. The van der Waals surface area contributed by atoms with E-state index in [4.69, 9.17) is 0 Å². The molecule has 0 spiro atoms. The highest BCUT2D eigenvalue weighted by Crippen LogP contribution is 2.55. The lowest BCUT2D eigenvalue weighted by Gasteiger charge is -2.23. The molecule has 3 nitrogen and oxygen atoms in total. The molecule has 1 saturated carbocycles. The molecule has 0 aliphatic heterocycles. The molecule has 1 fully saturated rings. The van der Waals surface area contributed by atoms with Crippen molar-refractivity contribution < 1.29 is 4.79 Å². The van der Waals surface area contributed by atoms with Gasteiger partial charge in [-0.3, -0.25) is 4.79 Å². The minimum absolute atomic E-state index is 0.237. The van der Waals surface area contributed by atoms with Crippen molar-refractivity contribution in [3.8, 4) is 0 Å². The zero-order valence-corrected chi connectivity index (χ0v) is 11.7. The molecule has 0 saturated heterocycles. The number of nitrogens with zero attached hydrogens (tertiary/aromatic N) is 2. The van der Waals surface area contributed by atoms with Crippen LogP contribution in [-0.2, 0) is 10.2 Å². The van der Waals surface area contributed by atoms with Crippen LogP contribution in [0.15, 0.2) is 30.3 Å². The van der Waals surface area contributed by atoms with Gasteiger partial charge >= 0.3 is 0 Å². The zero-order valence-electron chi connectivity index (χ0n) is 11.7. The minimum Gasteiger partial charge on any atom is -0.348 e. The van der Waals surface area contributed by atoms with Gasteiger partial charge in [0, 0.05) is 20.6 Å². The molecule has 3 heteroatoms. The van der Waals surface area contributed by atoms with Crippen molar-refractivity contribution >= 4 is 5.91 Å². The van der Waals surface area contributed by atoms with Crippen LogP contribution in [0.1, 0.15) is 12.0 Å². The fourth-order valence-corrected chi connectivity index (χ4v) is 2.86. The number of hydrogen-bond acceptors (Lipinski definition) is 2. The molecule has 0 bridgehead atoms. The number of likely N-dealkylation sites (N-methyl/N-ethyl adjacent to an activating group) is 1. The summed E-state index contributed by atoms with van der Waals surface area (Å²) >= 11 is 0. The van der Waals surface area contributed by atoms with Gasteiger partial charge in [-0.2, -0.15) is 0 Å². The standard InChI is InChI=1S/C15H22N2O/c1-16(2)11-13-10-15(13,14(18)17(3)4)12-8-6-5-7-9-12/h5-9,13H,10-11H2,1-4H3. The van der Waals surface area contributed by atoms with Crippen LogP contribution in [0.5, 0.6) is 0 Å². The lowest BCUT2D eigenvalue weighted by Crippen LogP contribution is -2.36. The summed E-state index contributed by atoms with van der Waals surface area (Å²) < 4.78 is 0. The van der Waals surface area contributed by atoms with E-state index in [-0.39, 0.29) is 11.3 Å². The Hall–Kier alpha value is -1.35. The van der Waals surface area contributed by atoms with E-state index in [0.29, 0.717) is 5.92 Å². The summed E-state index contributed by atoms with van der Waals surface area (Å²) in [7, 11) is 7.82. The van der Waals surface area contributed by atoms with E-state index < -0.39 is 0 Å². The first kappa shape index (κ1) is 13.1. The molecule has 2 atom stereocenters. The highest BCUT2D eigenvalue weighted by atomic mass is 16.2. The fourth-order valence-electron chi connectivity index (χ4n) is 2.86. The Bertz CT molecular complexity index is 427. The minimum atomic E-state index is -0.283. The van der Waals surface area contributed by atoms with Crippen molar-refractivity contribution in [2.45, 2.75) is 11.8 Å². The highest BCUT2D eigenvalue weighted by Gasteiger charge is 2.61. The second kappa shape index (κ2) is 4.73. The molecule has 0 N–H and O–H groups in total. The van der Waals surface area contributed by atoms with E-state index in [1.807, 2.05) is 32.3 Å². The Labute approximate surface area is 109 Å². The van der Waals surface area contributed by atoms with Gasteiger partial charge in [0.25, 0.3) is 0 Å². The maximum absolute atomic E-state index is 12.5. The molecule has 1 aromatic carbocycles. The van der Waals surface area contributed by atoms with Gasteiger partial charge in [0.15, 0.2) is 0 Å². The monoisotopic (exact) mass is 246 g/mol. The first-order valence-corrected chi connectivity index (χ1v) is 6.40. The van der Waals surface area contributed by atoms with Crippen LogP contribution in [0.3, 0.4) is 0 Å². The second-order valence-electron chi connectivity index (χ2n) is 5.70. The molecule has 18 heavy (non-hydrogen) atoms. The predicted octanol–water partition coefficient (Wildman–Crippen LogP) is 1.59. The third-order valence-corrected chi connectivity index (χ3v) is 3.77. The van der Waals surface area contributed by atoms with Crippen molar-refractivity contribution in [1.29, 1.82) is 0 Å². The molecular formula is C15H22N2O. The molecule has 1 aromatic rings. The van der Waals surface area contributed by atoms with Crippen LogP contribution >= 0.6 is 0 Å². The van der Waals surface area contributed by atoms with Gasteiger partial charge in [-0.1, -0.05) is 30.3 Å². The molecular weight excluding hydrogens is 224 g/mol. The van der Waals surface area contributed by atoms with E-state index in [2.05, 4.69) is 31.1 Å². The summed E-state index contributed by atoms with van der Waals surface area (Å²) in [5, 5.41) is 0. The summed E-state index contributed by atoms with van der Waals surface area (Å²) in [5.41, 5.74) is 0.880. The zero-order chi connectivity index (χ0) is 13.3. The lowest BCUT2D eigenvalue weighted by molar-refractivity contribution is -0.131. The van der Waals surface area contributed by atoms with Crippen LogP contribution in [0.2, 0.25) is 0 Å². The van der Waals surface area contributed by atoms with Gasteiger partial charge in [-0.15, -0.1) is 0 Å². The normalized spacial score (nSPS) is 26.2. The number of benzene rings is 1. The average Bonchev–Trinajstić information content (AvgIpc) is 3.03. The molecule has 98 valence electrons. The third-order valence-electron chi connectivity index (χ3n) is 3.77.